The highest BCUT2D eigenvalue weighted by Gasteiger charge is 2.03. The van der Waals surface area contributed by atoms with Gasteiger partial charge in [0.25, 0.3) is 0 Å². The minimum atomic E-state index is -0.346. The van der Waals surface area contributed by atoms with Gasteiger partial charge < -0.3 is 9.84 Å². The van der Waals surface area contributed by atoms with Crippen molar-refractivity contribution in [3.8, 4) is 0 Å². The Hall–Kier alpha value is -0.860. The lowest BCUT2D eigenvalue weighted by atomic mass is 10.0. The van der Waals surface area contributed by atoms with Crippen LogP contribution in [0.2, 0.25) is 0 Å². The number of ether oxygens (including phenoxy) is 1. The highest BCUT2D eigenvalue weighted by molar-refractivity contribution is 5.22. The van der Waals surface area contributed by atoms with Crippen LogP contribution in [0.25, 0.3) is 0 Å². The number of benzene rings is 1. The lowest BCUT2D eigenvalue weighted by Gasteiger charge is -2.09. The van der Waals surface area contributed by atoms with E-state index in [0.29, 0.717) is 6.61 Å². The molecule has 0 amide bonds. The smallest absolute Gasteiger partial charge is 0.0776 e. The molecular weight excluding hydrogens is 188 g/mol. The van der Waals surface area contributed by atoms with Crippen LogP contribution >= 0.6 is 0 Å². The zero-order chi connectivity index (χ0) is 11.1. The first-order valence-corrected chi connectivity index (χ1v) is 5.51. The second-order valence-corrected chi connectivity index (χ2v) is 3.82. The molecule has 0 radical (unpaired) electrons. The zero-order valence-electron chi connectivity index (χ0n) is 9.57. The van der Waals surface area contributed by atoms with Gasteiger partial charge in [0.15, 0.2) is 0 Å². The number of rotatable bonds is 6. The van der Waals surface area contributed by atoms with Crippen molar-refractivity contribution in [3.05, 3.63) is 35.4 Å². The maximum Gasteiger partial charge on any atom is 0.0776 e. The molecule has 84 valence electrons. The van der Waals surface area contributed by atoms with Gasteiger partial charge in [0.05, 0.1) is 12.7 Å². The highest BCUT2D eigenvalue weighted by atomic mass is 16.5. The molecule has 1 N–H and O–H groups in total. The summed E-state index contributed by atoms with van der Waals surface area (Å²) in [6, 6.07) is 8.58. The van der Waals surface area contributed by atoms with Gasteiger partial charge in [-0.1, -0.05) is 31.2 Å². The van der Waals surface area contributed by atoms with Crippen molar-refractivity contribution in [3.63, 3.8) is 0 Å². The molecule has 1 aromatic carbocycles. The third kappa shape index (κ3) is 4.45. The van der Waals surface area contributed by atoms with Crippen molar-refractivity contribution >= 4 is 0 Å². The average molecular weight is 208 g/mol. The van der Waals surface area contributed by atoms with Crippen LogP contribution in [0.5, 0.6) is 0 Å². The fraction of sp³-hybridized carbons (Fsp3) is 0.538. The highest BCUT2D eigenvalue weighted by Crippen LogP contribution is 2.08. The first kappa shape index (κ1) is 12.2. The fourth-order valence-electron chi connectivity index (χ4n) is 1.55. The van der Waals surface area contributed by atoms with Gasteiger partial charge in [-0.25, -0.2) is 0 Å². The molecule has 0 spiro atoms. The number of aliphatic hydroxyl groups is 1. The largest absolute Gasteiger partial charge is 0.391 e. The Morgan fingerprint density at radius 2 is 1.80 bits per heavy atom. The molecule has 0 aliphatic carbocycles. The molecule has 0 bridgehead atoms. The van der Waals surface area contributed by atoms with E-state index in [4.69, 9.17) is 4.74 Å². The molecule has 0 aliphatic heterocycles. The Morgan fingerprint density at radius 1 is 1.20 bits per heavy atom. The number of hydrogen-bond donors (Lipinski definition) is 1. The minimum absolute atomic E-state index is 0.346. The van der Waals surface area contributed by atoms with Crippen molar-refractivity contribution in [2.24, 2.45) is 0 Å². The summed E-state index contributed by atoms with van der Waals surface area (Å²) in [4.78, 5) is 0. The third-order valence-electron chi connectivity index (χ3n) is 2.56. The zero-order valence-corrected chi connectivity index (χ0v) is 9.57. The monoisotopic (exact) mass is 208 g/mol. The molecule has 1 aromatic rings. The molecule has 0 saturated heterocycles. The van der Waals surface area contributed by atoms with Gasteiger partial charge in [0.1, 0.15) is 0 Å². The second kappa shape index (κ2) is 6.59. The molecule has 2 nitrogen and oxygen atoms in total. The van der Waals surface area contributed by atoms with E-state index < -0.39 is 0 Å². The molecule has 2 heteroatoms. The van der Waals surface area contributed by atoms with Crippen molar-refractivity contribution in [1.82, 2.24) is 0 Å². The van der Waals surface area contributed by atoms with Crippen LogP contribution in [0.1, 0.15) is 24.5 Å². The first-order chi connectivity index (χ1) is 7.26. The number of methoxy groups -OCH3 is 1. The Bertz CT molecular complexity index is 266. The van der Waals surface area contributed by atoms with E-state index in [1.54, 1.807) is 7.11 Å². The molecule has 0 aromatic heterocycles. The van der Waals surface area contributed by atoms with Crippen molar-refractivity contribution in [2.45, 2.75) is 32.3 Å². The molecule has 0 heterocycles. The predicted octanol–water partition coefficient (Wildman–Crippen LogP) is 2.19. The van der Waals surface area contributed by atoms with Crippen molar-refractivity contribution < 1.29 is 9.84 Å². The van der Waals surface area contributed by atoms with Crippen LogP contribution < -0.4 is 0 Å². The summed E-state index contributed by atoms with van der Waals surface area (Å²) in [5.41, 5.74) is 2.64. The molecule has 0 aliphatic rings. The van der Waals surface area contributed by atoms with E-state index in [1.165, 1.54) is 11.1 Å². The Balaban J connectivity index is 2.37. The van der Waals surface area contributed by atoms with Gasteiger partial charge >= 0.3 is 0 Å². The van der Waals surface area contributed by atoms with E-state index >= 15 is 0 Å². The third-order valence-corrected chi connectivity index (χ3v) is 2.56. The van der Waals surface area contributed by atoms with Crippen LogP contribution in [0, 0.1) is 0 Å². The standard InChI is InChI=1S/C13H20O2/c1-3-11-4-6-12(7-5-11)8-9-13(14)10-15-2/h4-7,13-14H,3,8-10H2,1-2H3. The second-order valence-electron chi connectivity index (χ2n) is 3.82. The summed E-state index contributed by atoms with van der Waals surface area (Å²) in [7, 11) is 1.61. The van der Waals surface area contributed by atoms with Gasteiger partial charge in [-0.3, -0.25) is 0 Å². The summed E-state index contributed by atoms with van der Waals surface area (Å²) >= 11 is 0. The van der Waals surface area contributed by atoms with E-state index in [2.05, 4.69) is 31.2 Å². The van der Waals surface area contributed by atoms with Crippen LogP contribution in [0.15, 0.2) is 24.3 Å². The van der Waals surface area contributed by atoms with Gasteiger partial charge in [0, 0.05) is 7.11 Å². The lowest BCUT2D eigenvalue weighted by molar-refractivity contribution is 0.0595. The predicted molar refractivity (Wildman–Crippen MR) is 62.0 cm³/mol. The first-order valence-electron chi connectivity index (χ1n) is 5.51. The molecule has 1 rings (SSSR count). The minimum Gasteiger partial charge on any atom is -0.391 e. The van der Waals surface area contributed by atoms with Crippen LogP contribution in [-0.2, 0) is 17.6 Å². The Morgan fingerprint density at radius 3 is 2.33 bits per heavy atom. The molecule has 1 atom stereocenters. The summed E-state index contributed by atoms with van der Waals surface area (Å²) in [5, 5.41) is 9.49. The fourth-order valence-corrected chi connectivity index (χ4v) is 1.55. The summed E-state index contributed by atoms with van der Waals surface area (Å²) < 4.78 is 4.88. The van der Waals surface area contributed by atoms with Crippen LogP contribution in [0.4, 0.5) is 0 Å². The van der Waals surface area contributed by atoms with E-state index in [9.17, 15) is 5.11 Å². The average Bonchev–Trinajstić information content (AvgIpc) is 2.27. The summed E-state index contributed by atoms with van der Waals surface area (Å²) in [6.07, 6.45) is 2.40. The maximum absolute atomic E-state index is 9.49. The summed E-state index contributed by atoms with van der Waals surface area (Å²) in [6.45, 7) is 2.57. The number of aryl methyl sites for hydroxylation is 2. The van der Waals surface area contributed by atoms with Gasteiger partial charge in [-0.2, -0.15) is 0 Å². The Labute approximate surface area is 91.9 Å². The van der Waals surface area contributed by atoms with E-state index in [0.717, 1.165) is 19.3 Å². The number of hydrogen-bond acceptors (Lipinski definition) is 2. The quantitative estimate of drug-likeness (QED) is 0.776. The molecule has 15 heavy (non-hydrogen) atoms. The van der Waals surface area contributed by atoms with E-state index in [-0.39, 0.29) is 6.10 Å². The van der Waals surface area contributed by atoms with Crippen LogP contribution in [-0.4, -0.2) is 24.9 Å². The summed E-state index contributed by atoms with van der Waals surface area (Å²) in [5.74, 6) is 0. The SMILES string of the molecule is CCc1ccc(CCC(O)COC)cc1. The van der Waals surface area contributed by atoms with Crippen molar-refractivity contribution in [1.29, 1.82) is 0 Å². The van der Waals surface area contributed by atoms with Gasteiger partial charge in [-0.05, 0) is 30.4 Å². The van der Waals surface area contributed by atoms with Gasteiger partial charge in [-0.15, -0.1) is 0 Å². The lowest BCUT2D eigenvalue weighted by Crippen LogP contribution is -2.14. The molecule has 0 fully saturated rings. The Kier molecular flexibility index (Phi) is 5.37. The molecule has 0 saturated carbocycles. The normalized spacial score (nSPS) is 12.7. The molecule has 1 unspecified atom stereocenters. The van der Waals surface area contributed by atoms with E-state index in [1.807, 2.05) is 0 Å². The maximum atomic E-state index is 9.49. The van der Waals surface area contributed by atoms with Crippen LogP contribution in [0.3, 0.4) is 0 Å². The molecular formula is C13H20O2. The van der Waals surface area contributed by atoms with Crippen molar-refractivity contribution in [2.75, 3.05) is 13.7 Å². The number of aliphatic hydroxyl groups excluding tert-OH is 1. The topological polar surface area (TPSA) is 29.5 Å². The van der Waals surface area contributed by atoms with Gasteiger partial charge in [0.2, 0.25) is 0 Å².